The van der Waals surface area contributed by atoms with Crippen molar-refractivity contribution in [3.05, 3.63) is 12.2 Å². The monoisotopic (exact) mass is 211 g/mol. The molecule has 1 aliphatic carbocycles. The molecule has 2 atom stereocenters. The van der Waals surface area contributed by atoms with E-state index in [1.54, 1.807) is 19.1 Å². The minimum Gasteiger partial charge on any atom is -0.369 e. The number of nitrogens with one attached hydrogen (secondary N) is 1. The maximum absolute atomic E-state index is 11.7. The van der Waals surface area contributed by atoms with Crippen molar-refractivity contribution in [2.75, 3.05) is 14.1 Å². The molecule has 5 nitrogen and oxygen atoms in total. The molecular weight excluding hydrogens is 194 g/mol. The van der Waals surface area contributed by atoms with Gasteiger partial charge in [0.2, 0.25) is 11.8 Å². The molecule has 0 aromatic carbocycles. The second-order valence-electron chi connectivity index (χ2n) is 3.93. The summed E-state index contributed by atoms with van der Waals surface area (Å²) in [5, 5.41) is 1.57. The molecule has 0 bridgehead atoms. The number of amides is 2. The summed E-state index contributed by atoms with van der Waals surface area (Å²) in [4.78, 5) is 22.9. The summed E-state index contributed by atoms with van der Waals surface area (Å²) in [6.07, 6.45) is 4.95. The van der Waals surface area contributed by atoms with Gasteiger partial charge < -0.3 is 5.73 Å². The topological polar surface area (TPSA) is 75.4 Å². The van der Waals surface area contributed by atoms with Gasteiger partial charge in [-0.3, -0.25) is 15.0 Å². The van der Waals surface area contributed by atoms with Crippen LogP contribution in [0.1, 0.15) is 12.8 Å². The Labute approximate surface area is 89.3 Å². The van der Waals surface area contributed by atoms with Gasteiger partial charge in [-0.25, -0.2) is 5.01 Å². The summed E-state index contributed by atoms with van der Waals surface area (Å²) < 4.78 is 0. The van der Waals surface area contributed by atoms with Gasteiger partial charge in [0.15, 0.2) is 0 Å². The summed E-state index contributed by atoms with van der Waals surface area (Å²) in [5.41, 5.74) is 7.91. The zero-order chi connectivity index (χ0) is 11.4. The van der Waals surface area contributed by atoms with Crippen LogP contribution in [0.4, 0.5) is 0 Å². The van der Waals surface area contributed by atoms with E-state index >= 15 is 0 Å². The predicted molar refractivity (Wildman–Crippen MR) is 56.4 cm³/mol. The molecule has 1 aliphatic rings. The highest BCUT2D eigenvalue weighted by Crippen LogP contribution is 2.25. The van der Waals surface area contributed by atoms with E-state index in [0.717, 1.165) is 0 Å². The lowest BCUT2D eigenvalue weighted by Crippen LogP contribution is -2.45. The molecule has 0 saturated carbocycles. The molecule has 2 amide bonds. The Morgan fingerprint density at radius 1 is 1.27 bits per heavy atom. The number of hydrogen-bond acceptors (Lipinski definition) is 3. The fourth-order valence-electron chi connectivity index (χ4n) is 1.72. The summed E-state index contributed by atoms with van der Waals surface area (Å²) in [7, 11) is 3.46. The maximum Gasteiger partial charge on any atom is 0.238 e. The van der Waals surface area contributed by atoms with Crippen molar-refractivity contribution < 1.29 is 9.59 Å². The molecule has 0 heterocycles. The smallest absolute Gasteiger partial charge is 0.238 e. The van der Waals surface area contributed by atoms with Crippen LogP contribution in [0.25, 0.3) is 0 Å². The molecule has 15 heavy (non-hydrogen) atoms. The van der Waals surface area contributed by atoms with E-state index in [9.17, 15) is 9.59 Å². The average Bonchev–Trinajstić information content (AvgIpc) is 2.16. The summed E-state index contributed by atoms with van der Waals surface area (Å²) in [6.45, 7) is 0. The highest BCUT2D eigenvalue weighted by atomic mass is 16.2. The van der Waals surface area contributed by atoms with Crippen molar-refractivity contribution >= 4 is 11.8 Å². The van der Waals surface area contributed by atoms with Crippen molar-refractivity contribution in [1.82, 2.24) is 10.4 Å². The number of carbonyl (C=O) groups excluding carboxylic acids is 2. The normalized spacial score (nSPS) is 25.3. The van der Waals surface area contributed by atoms with E-state index in [1.165, 1.54) is 0 Å². The van der Waals surface area contributed by atoms with Crippen molar-refractivity contribution in [2.45, 2.75) is 12.8 Å². The lowest BCUT2D eigenvalue weighted by molar-refractivity contribution is -0.136. The number of hydrogen-bond donors (Lipinski definition) is 2. The van der Waals surface area contributed by atoms with Crippen molar-refractivity contribution in [3.63, 3.8) is 0 Å². The number of primary amides is 1. The molecule has 0 spiro atoms. The molecule has 0 aliphatic heterocycles. The quantitative estimate of drug-likeness (QED) is 0.495. The minimum absolute atomic E-state index is 0.145. The van der Waals surface area contributed by atoms with Crippen LogP contribution >= 0.6 is 0 Å². The molecule has 1 rings (SSSR count). The average molecular weight is 211 g/mol. The van der Waals surface area contributed by atoms with Gasteiger partial charge in [0.05, 0.1) is 11.8 Å². The van der Waals surface area contributed by atoms with Crippen LogP contribution < -0.4 is 11.2 Å². The minimum atomic E-state index is -0.404. The van der Waals surface area contributed by atoms with E-state index in [4.69, 9.17) is 5.73 Å². The first-order valence-corrected chi connectivity index (χ1v) is 4.94. The Hall–Kier alpha value is -1.36. The Balaban J connectivity index is 2.69. The Morgan fingerprint density at radius 3 is 2.27 bits per heavy atom. The van der Waals surface area contributed by atoms with Gasteiger partial charge in [-0.05, 0) is 12.8 Å². The highest BCUT2D eigenvalue weighted by Gasteiger charge is 2.32. The molecule has 2 unspecified atom stereocenters. The number of hydrazine groups is 1. The van der Waals surface area contributed by atoms with Gasteiger partial charge >= 0.3 is 0 Å². The SMILES string of the molecule is CN(C)NC(=O)C1CC=CCC1C(N)=O. The van der Waals surface area contributed by atoms with Crippen LogP contribution in [0.5, 0.6) is 0 Å². The van der Waals surface area contributed by atoms with E-state index in [0.29, 0.717) is 12.8 Å². The summed E-state index contributed by atoms with van der Waals surface area (Å²) >= 11 is 0. The molecule has 3 N–H and O–H groups in total. The zero-order valence-electron chi connectivity index (χ0n) is 9.06. The fourth-order valence-corrected chi connectivity index (χ4v) is 1.72. The largest absolute Gasteiger partial charge is 0.369 e. The Morgan fingerprint density at radius 2 is 1.80 bits per heavy atom. The van der Waals surface area contributed by atoms with Gasteiger partial charge in [0, 0.05) is 14.1 Å². The third kappa shape index (κ3) is 3.06. The van der Waals surface area contributed by atoms with E-state index in [1.807, 2.05) is 12.2 Å². The molecule has 84 valence electrons. The predicted octanol–water partition coefficient (Wildman–Crippen LogP) is -0.353. The van der Waals surface area contributed by atoms with E-state index in [-0.39, 0.29) is 17.7 Å². The number of rotatable bonds is 3. The molecule has 0 radical (unpaired) electrons. The third-order valence-electron chi connectivity index (χ3n) is 2.47. The van der Waals surface area contributed by atoms with Crippen molar-refractivity contribution in [1.29, 1.82) is 0 Å². The lowest BCUT2D eigenvalue weighted by atomic mass is 9.82. The lowest BCUT2D eigenvalue weighted by Gasteiger charge is -2.26. The molecule has 0 aromatic rings. The van der Waals surface area contributed by atoms with Crippen molar-refractivity contribution in [3.8, 4) is 0 Å². The van der Waals surface area contributed by atoms with Crippen LogP contribution in [-0.4, -0.2) is 30.9 Å². The van der Waals surface area contributed by atoms with Gasteiger partial charge in [0.1, 0.15) is 0 Å². The summed E-state index contributed by atoms with van der Waals surface area (Å²) in [5.74, 6) is -1.27. The second kappa shape index (κ2) is 4.93. The molecule has 0 fully saturated rings. The van der Waals surface area contributed by atoms with Crippen LogP contribution in [-0.2, 0) is 9.59 Å². The van der Waals surface area contributed by atoms with E-state index < -0.39 is 5.91 Å². The highest BCUT2D eigenvalue weighted by molar-refractivity contribution is 5.87. The first kappa shape index (κ1) is 11.7. The molecule has 5 heteroatoms. The van der Waals surface area contributed by atoms with Crippen LogP contribution in [0.15, 0.2) is 12.2 Å². The maximum atomic E-state index is 11.7. The standard InChI is InChI=1S/C10H17N3O2/c1-13(2)12-10(15)8-6-4-3-5-7(8)9(11)14/h3-4,7-8H,5-6H2,1-2H3,(H2,11,14)(H,12,15). The zero-order valence-corrected chi connectivity index (χ0v) is 9.06. The van der Waals surface area contributed by atoms with Gasteiger partial charge in [-0.2, -0.15) is 0 Å². The van der Waals surface area contributed by atoms with Crippen LogP contribution in [0.3, 0.4) is 0 Å². The Bertz CT molecular complexity index is 286. The Kier molecular flexibility index (Phi) is 3.85. The first-order chi connectivity index (χ1) is 7.02. The van der Waals surface area contributed by atoms with Gasteiger partial charge in [-0.1, -0.05) is 12.2 Å². The molecule has 0 saturated heterocycles. The van der Waals surface area contributed by atoms with Gasteiger partial charge in [0.25, 0.3) is 0 Å². The number of allylic oxidation sites excluding steroid dienone is 2. The van der Waals surface area contributed by atoms with E-state index in [2.05, 4.69) is 5.43 Å². The molecular formula is C10H17N3O2. The number of nitrogens with zero attached hydrogens (tertiary/aromatic N) is 1. The fraction of sp³-hybridized carbons (Fsp3) is 0.600. The number of nitrogens with two attached hydrogens (primary N) is 1. The van der Waals surface area contributed by atoms with Gasteiger partial charge in [-0.15, -0.1) is 0 Å². The summed E-state index contributed by atoms with van der Waals surface area (Å²) in [6, 6.07) is 0. The second-order valence-corrected chi connectivity index (χ2v) is 3.93. The third-order valence-corrected chi connectivity index (χ3v) is 2.47. The number of carbonyl (C=O) groups is 2. The first-order valence-electron chi connectivity index (χ1n) is 4.94. The molecule has 0 aromatic heterocycles. The van der Waals surface area contributed by atoms with Crippen LogP contribution in [0, 0.1) is 11.8 Å². The van der Waals surface area contributed by atoms with Crippen LogP contribution in [0.2, 0.25) is 0 Å². The van der Waals surface area contributed by atoms with Crippen molar-refractivity contribution in [2.24, 2.45) is 17.6 Å².